The van der Waals surface area contributed by atoms with E-state index in [1.807, 2.05) is 4.68 Å². The molecule has 148 valence electrons. The van der Waals surface area contributed by atoms with Crippen LogP contribution in [0.5, 0.6) is 0 Å². The number of aromatic nitrogens is 4. The van der Waals surface area contributed by atoms with Crippen LogP contribution in [-0.4, -0.2) is 51.3 Å². The first kappa shape index (κ1) is 19.1. The van der Waals surface area contributed by atoms with E-state index < -0.39 is 0 Å². The van der Waals surface area contributed by atoms with Crippen LogP contribution in [0.25, 0.3) is 0 Å². The van der Waals surface area contributed by atoms with E-state index in [1.165, 1.54) is 10.6 Å². The molecular formula is C21H28N6S. The van der Waals surface area contributed by atoms with Gasteiger partial charge in [-0.25, -0.2) is 4.68 Å². The number of piperazine rings is 1. The highest BCUT2D eigenvalue weighted by molar-refractivity contribution is 7.10. The Balaban J connectivity index is 1.61. The van der Waals surface area contributed by atoms with Crippen molar-refractivity contribution in [3.05, 3.63) is 58.5 Å². The van der Waals surface area contributed by atoms with Crippen molar-refractivity contribution < 1.29 is 0 Å². The fourth-order valence-electron chi connectivity index (χ4n) is 3.74. The van der Waals surface area contributed by atoms with Crippen molar-refractivity contribution >= 4 is 17.0 Å². The quantitative estimate of drug-likeness (QED) is 0.634. The minimum absolute atomic E-state index is 0.0961. The van der Waals surface area contributed by atoms with E-state index >= 15 is 0 Å². The Morgan fingerprint density at radius 1 is 1.04 bits per heavy atom. The Bertz CT molecular complexity index is 865. The molecule has 0 amide bonds. The molecule has 4 rings (SSSR count). The third-order valence-electron chi connectivity index (χ3n) is 5.79. The lowest BCUT2D eigenvalue weighted by molar-refractivity contribution is 0.189. The maximum Gasteiger partial charge on any atom is 0.174 e. The molecule has 3 heterocycles. The highest BCUT2D eigenvalue weighted by Gasteiger charge is 2.34. The lowest BCUT2D eigenvalue weighted by Crippen LogP contribution is -2.48. The Kier molecular flexibility index (Phi) is 5.46. The van der Waals surface area contributed by atoms with Crippen molar-refractivity contribution in [2.75, 3.05) is 31.1 Å². The summed E-state index contributed by atoms with van der Waals surface area (Å²) >= 11 is 1.78. The van der Waals surface area contributed by atoms with E-state index in [0.717, 1.165) is 38.4 Å². The number of benzene rings is 1. The summed E-state index contributed by atoms with van der Waals surface area (Å²) in [5, 5.41) is 15.1. The summed E-state index contributed by atoms with van der Waals surface area (Å²) in [6, 6.07) is 15.1. The summed E-state index contributed by atoms with van der Waals surface area (Å²) in [6.07, 6.45) is 0.976. The molecule has 0 N–H and O–H groups in total. The van der Waals surface area contributed by atoms with Gasteiger partial charge in [0.2, 0.25) is 0 Å². The molecule has 7 heteroatoms. The summed E-state index contributed by atoms with van der Waals surface area (Å²) in [5.41, 5.74) is 1.19. The van der Waals surface area contributed by atoms with E-state index in [4.69, 9.17) is 0 Å². The SMILES string of the molecule is CCC(C)(C)n1nnnc1C(c1cccs1)N1CCN(c2ccccc2)CC1. The standard InChI is InChI=1S/C21H28N6S/c1-4-21(2,3)27-20(22-23-24-27)19(18-11-8-16-28-18)26-14-12-25(13-15-26)17-9-6-5-7-10-17/h5-11,16,19H,4,12-15H2,1-3H3. The molecule has 0 aliphatic carbocycles. The summed E-state index contributed by atoms with van der Waals surface area (Å²) in [6.45, 7) is 10.6. The number of rotatable bonds is 6. The third kappa shape index (κ3) is 3.69. The summed E-state index contributed by atoms with van der Waals surface area (Å²) in [7, 11) is 0. The minimum Gasteiger partial charge on any atom is -0.369 e. The first-order valence-corrected chi connectivity index (χ1v) is 10.8. The zero-order chi connectivity index (χ0) is 19.6. The molecule has 0 bridgehead atoms. The molecule has 28 heavy (non-hydrogen) atoms. The van der Waals surface area contributed by atoms with Crippen molar-refractivity contribution in [3.63, 3.8) is 0 Å². The number of tetrazole rings is 1. The van der Waals surface area contributed by atoms with E-state index in [-0.39, 0.29) is 11.6 Å². The topological polar surface area (TPSA) is 50.1 Å². The average molecular weight is 397 g/mol. The molecule has 1 fully saturated rings. The zero-order valence-corrected chi connectivity index (χ0v) is 17.6. The molecule has 0 spiro atoms. The molecule has 1 aliphatic heterocycles. The molecule has 3 aromatic rings. The Morgan fingerprint density at radius 3 is 2.43 bits per heavy atom. The van der Waals surface area contributed by atoms with Gasteiger partial charge in [0, 0.05) is 36.7 Å². The maximum absolute atomic E-state index is 4.49. The molecule has 1 aliphatic rings. The molecule has 1 atom stereocenters. The van der Waals surface area contributed by atoms with E-state index in [2.05, 4.69) is 93.9 Å². The van der Waals surface area contributed by atoms with Gasteiger partial charge in [-0.05, 0) is 54.3 Å². The lowest BCUT2D eigenvalue weighted by atomic mass is 10.0. The molecule has 0 saturated carbocycles. The van der Waals surface area contributed by atoms with Gasteiger partial charge in [-0.3, -0.25) is 4.90 Å². The molecule has 6 nitrogen and oxygen atoms in total. The molecule has 1 aromatic carbocycles. The number of hydrogen-bond donors (Lipinski definition) is 0. The number of nitrogens with zero attached hydrogens (tertiary/aromatic N) is 6. The normalized spacial score (nSPS) is 17.0. The van der Waals surface area contributed by atoms with Crippen LogP contribution in [0.4, 0.5) is 5.69 Å². The minimum atomic E-state index is -0.111. The average Bonchev–Trinajstić information content (AvgIpc) is 3.43. The maximum atomic E-state index is 4.49. The highest BCUT2D eigenvalue weighted by Crippen LogP contribution is 2.34. The predicted molar refractivity (Wildman–Crippen MR) is 114 cm³/mol. The van der Waals surface area contributed by atoms with Crippen LogP contribution in [0.3, 0.4) is 0 Å². The number of hydrogen-bond acceptors (Lipinski definition) is 6. The van der Waals surface area contributed by atoms with Gasteiger partial charge in [0.25, 0.3) is 0 Å². The van der Waals surface area contributed by atoms with Crippen LogP contribution >= 0.6 is 11.3 Å². The number of anilines is 1. The van der Waals surface area contributed by atoms with Gasteiger partial charge in [0.05, 0.1) is 5.54 Å². The second-order valence-corrected chi connectivity index (χ2v) is 8.87. The van der Waals surface area contributed by atoms with E-state index in [1.54, 1.807) is 11.3 Å². The highest BCUT2D eigenvalue weighted by atomic mass is 32.1. The lowest BCUT2D eigenvalue weighted by Gasteiger charge is -2.40. The summed E-state index contributed by atoms with van der Waals surface area (Å²) < 4.78 is 2.03. The fraction of sp³-hybridized carbons (Fsp3) is 0.476. The molecule has 0 radical (unpaired) electrons. The van der Waals surface area contributed by atoms with Crippen LogP contribution in [0, 0.1) is 0 Å². The second kappa shape index (κ2) is 8.01. The van der Waals surface area contributed by atoms with Gasteiger partial charge in [0.1, 0.15) is 6.04 Å². The Morgan fingerprint density at radius 2 is 1.79 bits per heavy atom. The van der Waals surface area contributed by atoms with Gasteiger partial charge in [-0.15, -0.1) is 16.4 Å². The van der Waals surface area contributed by atoms with Crippen molar-refractivity contribution in [1.29, 1.82) is 0 Å². The summed E-state index contributed by atoms with van der Waals surface area (Å²) in [5.74, 6) is 0.947. The van der Waals surface area contributed by atoms with Crippen molar-refractivity contribution in [1.82, 2.24) is 25.1 Å². The van der Waals surface area contributed by atoms with Crippen LogP contribution in [-0.2, 0) is 5.54 Å². The molecular weight excluding hydrogens is 368 g/mol. The molecule has 2 aromatic heterocycles. The fourth-order valence-corrected chi connectivity index (χ4v) is 4.59. The summed E-state index contributed by atoms with van der Waals surface area (Å²) in [4.78, 5) is 6.29. The third-order valence-corrected chi connectivity index (χ3v) is 6.71. The molecule has 1 saturated heterocycles. The van der Waals surface area contributed by atoms with Crippen molar-refractivity contribution in [3.8, 4) is 0 Å². The van der Waals surface area contributed by atoms with Crippen LogP contribution in [0.2, 0.25) is 0 Å². The van der Waals surface area contributed by atoms with Crippen molar-refractivity contribution in [2.24, 2.45) is 0 Å². The zero-order valence-electron chi connectivity index (χ0n) is 16.8. The van der Waals surface area contributed by atoms with Gasteiger partial charge >= 0.3 is 0 Å². The van der Waals surface area contributed by atoms with Gasteiger partial charge in [-0.1, -0.05) is 31.2 Å². The van der Waals surface area contributed by atoms with Crippen LogP contribution in [0.15, 0.2) is 47.8 Å². The largest absolute Gasteiger partial charge is 0.369 e. The monoisotopic (exact) mass is 396 g/mol. The predicted octanol–water partition coefficient (Wildman–Crippen LogP) is 3.79. The Hall–Kier alpha value is -2.25. The first-order valence-electron chi connectivity index (χ1n) is 9.96. The number of para-hydroxylation sites is 1. The van der Waals surface area contributed by atoms with Gasteiger partial charge in [0.15, 0.2) is 5.82 Å². The van der Waals surface area contributed by atoms with E-state index in [9.17, 15) is 0 Å². The Labute approximate surface area is 170 Å². The second-order valence-electron chi connectivity index (χ2n) is 7.89. The first-order chi connectivity index (χ1) is 13.6. The van der Waals surface area contributed by atoms with Crippen LogP contribution < -0.4 is 4.90 Å². The smallest absolute Gasteiger partial charge is 0.174 e. The van der Waals surface area contributed by atoms with Gasteiger partial charge in [-0.2, -0.15) is 0 Å². The van der Waals surface area contributed by atoms with E-state index in [0.29, 0.717) is 0 Å². The van der Waals surface area contributed by atoms with Crippen LogP contribution in [0.1, 0.15) is 43.9 Å². The van der Waals surface area contributed by atoms with Gasteiger partial charge < -0.3 is 4.90 Å². The molecule has 1 unspecified atom stereocenters. The number of thiophene rings is 1. The van der Waals surface area contributed by atoms with Crippen molar-refractivity contribution in [2.45, 2.75) is 38.8 Å².